The molecule has 16 heteroatoms. The zero-order valence-corrected chi connectivity index (χ0v) is 27.8. The molecule has 4 aliphatic heterocycles. The van der Waals surface area contributed by atoms with Crippen molar-refractivity contribution in [3.05, 3.63) is 48.6 Å². The standard InChI is InChI=1S/C34H42N4O12/c39-26-5-6-27(40)35(26)14-1-18-47-22-13-34(23-48-19-2-15-36-28(41)7-8-29(36)42,24-49-20-3-16-37-30(43)9-10-31(37)44)25-50-21-4-17-38-32(45)11-12-33(38)46/h5-12H,1-4,13-25H2. The molecular weight excluding hydrogens is 656 g/mol. The van der Waals surface area contributed by atoms with Crippen LogP contribution in [0.1, 0.15) is 32.1 Å². The molecule has 270 valence electrons. The number of hydrogen-bond acceptors (Lipinski definition) is 12. The van der Waals surface area contributed by atoms with Crippen molar-refractivity contribution < 1.29 is 57.3 Å². The summed E-state index contributed by atoms with van der Waals surface area (Å²) in [4.78, 5) is 99.5. The molecule has 50 heavy (non-hydrogen) atoms. The van der Waals surface area contributed by atoms with Gasteiger partial charge in [0.05, 0.1) is 19.8 Å². The van der Waals surface area contributed by atoms with Crippen molar-refractivity contribution in [2.24, 2.45) is 5.41 Å². The van der Waals surface area contributed by atoms with Gasteiger partial charge in [-0.15, -0.1) is 0 Å². The van der Waals surface area contributed by atoms with E-state index in [-0.39, 0.29) is 126 Å². The number of imide groups is 4. The summed E-state index contributed by atoms with van der Waals surface area (Å²) in [6.07, 6.45) is 11.8. The van der Waals surface area contributed by atoms with Gasteiger partial charge < -0.3 is 18.9 Å². The fourth-order valence-electron chi connectivity index (χ4n) is 5.50. The van der Waals surface area contributed by atoms with Crippen LogP contribution in [0.2, 0.25) is 0 Å². The highest BCUT2D eigenvalue weighted by atomic mass is 16.5. The van der Waals surface area contributed by atoms with E-state index in [1.165, 1.54) is 48.6 Å². The third-order valence-corrected chi connectivity index (χ3v) is 8.29. The van der Waals surface area contributed by atoms with Gasteiger partial charge in [0.1, 0.15) is 0 Å². The average Bonchev–Trinajstić information content (AvgIpc) is 3.81. The minimum Gasteiger partial charge on any atom is -0.381 e. The summed E-state index contributed by atoms with van der Waals surface area (Å²) in [6, 6.07) is 0. The summed E-state index contributed by atoms with van der Waals surface area (Å²) in [5, 5.41) is 0. The second-order valence-electron chi connectivity index (χ2n) is 12.1. The predicted molar refractivity (Wildman–Crippen MR) is 172 cm³/mol. The summed E-state index contributed by atoms with van der Waals surface area (Å²) in [6.45, 7) is 2.46. The van der Waals surface area contributed by atoms with Crippen LogP contribution in [0.3, 0.4) is 0 Å². The molecule has 0 radical (unpaired) electrons. The first kappa shape index (κ1) is 38.2. The topological polar surface area (TPSA) is 186 Å². The number of carbonyl (C=O) groups excluding carboxylic acids is 8. The van der Waals surface area contributed by atoms with E-state index >= 15 is 0 Å². The Hall–Kier alpha value is -4.64. The smallest absolute Gasteiger partial charge is 0.253 e. The van der Waals surface area contributed by atoms with E-state index in [4.69, 9.17) is 18.9 Å². The molecule has 4 aliphatic rings. The van der Waals surface area contributed by atoms with Gasteiger partial charge in [-0.2, -0.15) is 0 Å². The highest BCUT2D eigenvalue weighted by molar-refractivity contribution is 6.14. The van der Waals surface area contributed by atoms with Gasteiger partial charge in [0, 0.05) is 113 Å². The van der Waals surface area contributed by atoms with Gasteiger partial charge in [-0.05, 0) is 32.1 Å². The summed E-state index contributed by atoms with van der Waals surface area (Å²) in [7, 11) is 0. The Morgan fingerprint density at radius 1 is 0.360 bits per heavy atom. The molecule has 16 nitrogen and oxygen atoms in total. The van der Waals surface area contributed by atoms with Crippen molar-refractivity contribution >= 4 is 47.3 Å². The molecule has 0 N–H and O–H groups in total. The Kier molecular flexibility index (Phi) is 14.5. The van der Waals surface area contributed by atoms with Crippen LogP contribution in [-0.2, 0) is 57.3 Å². The average molecular weight is 699 g/mol. The van der Waals surface area contributed by atoms with E-state index in [0.717, 1.165) is 19.6 Å². The lowest BCUT2D eigenvalue weighted by atomic mass is 9.87. The highest BCUT2D eigenvalue weighted by Crippen LogP contribution is 2.26. The molecule has 0 aromatic rings. The number of hydrogen-bond donors (Lipinski definition) is 0. The van der Waals surface area contributed by atoms with Crippen LogP contribution in [0.4, 0.5) is 0 Å². The van der Waals surface area contributed by atoms with Crippen molar-refractivity contribution in [3.8, 4) is 0 Å². The quantitative estimate of drug-likeness (QED) is 0.0896. The summed E-state index contributed by atoms with van der Waals surface area (Å²) >= 11 is 0. The first-order valence-electron chi connectivity index (χ1n) is 16.6. The van der Waals surface area contributed by atoms with Gasteiger partial charge in [-0.25, -0.2) is 0 Å². The molecule has 0 aromatic heterocycles. The summed E-state index contributed by atoms with van der Waals surface area (Å²) < 4.78 is 24.0. The van der Waals surface area contributed by atoms with Crippen molar-refractivity contribution in [1.82, 2.24) is 19.6 Å². The molecular formula is C34H42N4O12. The van der Waals surface area contributed by atoms with Gasteiger partial charge in [-0.1, -0.05) is 0 Å². The zero-order valence-electron chi connectivity index (χ0n) is 27.8. The number of ether oxygens (including phenoxy) is 4. The van der Waals surface area contributed by atoms with E-state index in [2.05, 4.69) is 0 Å². The fraction of sp³-hybridized carbons (Fsp3) is 0.529. The molecule has 0 bridgehead atoms. The summed E-state index contributed by atoms with van der Waals surface area (Å²) in [5.41, 5.74) is -0.757. The molecule has 0 unspecified atom stereocenters. The first-order valence-corrected chi connectivity index (χ1v) is 16.6. The molecule has 4 heterocycles. The molecule has 8 amide bonds. The predicted octanol–water partition coefficient (Wildman–Crippen LogP) is -0.310. The zero-order chi connectivity index (χ0) is 35.9. The van der Waals surface area contributed by atoms with Crippen molar-refractivity contribution in [2.45, 2.75) is 32.1 Å². The third-order valence-electron chi connectivity index (χ3n) is 8.29. The molecule has 4 rings (SSSR count). The number of nitrogens with zero attached hydrogens (tertiary/aromatic N) is 4. The number of amides is 8. The number of rotatable bonds is 25. The third kappa shape index (κ3) is 10.9. The van der Waals surface area contributed by atoms with Gasteiger partial charge in [-0.3, -0.25) is 58.0 Å². The lowest BCUT2D eigenvalue weighted by Crippen LogP contribution is -2.40. The highest BCUT2D eigenvalue weighted by Gasteiger charge is 2.33. The van der Waals surface area contributed by atoms with Gasteiger partial charge >= 0.3 is 0 Å². The molecule has 0 atom stereocenters. The lowest BCUT2D eigenvalue weighted by molar-refractivity contribution is -0.138. The SMILES string of the molecule is O=C1C=CC(=O)N1CCCOCCC(COCCCN1C(=O)C=CC1=O)(COCCCN1C(=O)C=CC1=O)COCCCN1C(=O)C=CC1=O. The van der Waals surface area contributed by atoms with Crippen LogP contribution >= 0.6 is 0 Å². The maximum absolute atomic E-state index is 11.9. The van der Waals surface area contributed by atoms with E-state index in [9.17, 15) is 38.4 Å². The van der Waals surface area contributed by atoms with Crippen LogP contribution in [0, 0.1) is 5.41 Å². The van der Waals surface area contributed by atoms with Gasteiger partial charge in [0.2, 0.25) is 0 Å². The lowest BCUT2D eigenvalue weighted by Gasteiger charge is -2.33. The molecule has 0 aromatic carbocycles. The van der Waals surface area contributed by atoms with Crippen molar-refractivity contribution in [3.63, 3.8) is 0 Å². The van der Waals surface area contributed by atoms with Crippen LogP contribution in [-0.4, -0.2) is 146 Å². The fourth-order valence-corrected chi connectivity index (χ4v) is 5.50. The largest absolute Gasteiger partial charge is 0.381 e. The Balaban J connectivity index is 1.31. The Bertz CT molecular complexity index is 1250. The van der Waals surface area contributed by atoms with Crippen molar-refractivity contribution in [1.29, 1.82) is 0 Å². The molecule has 0 fully saturated rings. The molecule has 0 spiro atoms. The first-order chi connectivity index (χ1) is 24.1. The van der Waals surface area contributed by atoms with Crippen molar-refractivity contribution in [2.75, 3.05) is 79.0 Å². The minimum absolute atomic E-state index is 0.152. The van der Waals surface area contributed by atoms with Crippen LogP contribution < -0.4 is 0 Å². The summed E-state index contributed by atoms with van der Waals surface area (Å²) in [5.74, 6) is -2.98. The van der Waals surface area contributed by atoms with Gasteiger partial charge in [0.25, 0.3) is 47.3 Å². The number of carbonyl (C=O) groups is 8. The maximum atomic E-state index is 11.9. The Labute approximate surface area is 289 Å². The van der Waals surface area contributed by atoms with Crippen LogP contribution in [0.5, 0.6) is 0 Å². The van der Waals surface area contributed by atoms with Gasteiger partial charge in [0.15, 0.2) is 0 Å². The van der Waals surface area contributed by atoms with E-state index in [1.807, 2.05) is 0 Å². The van der Waals surface area contributed by atoms with E-state index in [0.29, 0.717) is 32.1 Å². The van der Waals surface area contributed by atoms with Crippen LogP contribution in [0.15, 0.2) is 48.6 Å². The minimum atomic E-state index is -0.757. The second kappa shape index (κ2) is 18.9. The molecule has 0 saturated heterocycles. The molecule has 0 saturated carbocycles. The second-order valence-corrected chi connectivity index (χ2v) is 12.1. The Morgan fingerprint density at radius 2 is 0.600 bits per heavy atom. The normalized spacial score (nSPS) is 17.5. The molecule has 0 aliphatic carbocycles. The van der Waals surface area contributed by atoms with E-state index in [1.54, 1.807) is 0 Å². The Morgan fingerprint density at radius 3 is 0.860 bits per heavy atom. The maximum Gasteiger partial charge on any atom is 0.253 e. The van der Waals surface area contributed by atoms with E-state index < -0.39 is 5.41 Å². The van der Waals surface area contributed by atoms with Crippen LogP contribution in [0.25, 0.3) is 0 Å². The monoisotopic (exact) mass is 698 g/mol.